The van der Waals surface area contributed by atoms with Gasteiger partial charge < -0.3 is 4.57 Å². The first-order valence-corrected chi connectivity index (χ1v) is 7.22. The Hall–Kier alpha value is -2.14. The Bertz CT molecular complexity index is 744. The molecule has 1 aromatic carbocycles. The summed E-state index contributed by atoms with van der Waals surface area (Å²) < 4.78 is 2.18. The van der Waals surface area contributed by atoms with E-state index in [2.05, 4.69) is 23.8 Å². The van der Waals surface area contributed by atoms with Gasteiger partial charge in [-0.1, -0.05) is 12.1 Å². The lowest BCUT2D eigenvalue weighted by atomic mass is 9.94. The molecule has 1 heterocycles. The van der Waals surface area contributed by atoms with Crippen molar-refractivity contribution in [3.8, 4) is 0 Å². The van der Waals surface area contributed by atoms with Gasteiger partial charge in [-0.15, -0.1) is 0 Å². The van der Waals surface area contributed by atoms with Crippen molar-refractivity contribution in [2.24, 2.45) is 5.84 Å². The summed E-state index contributed by atoms with van der Waals surface area (Å²) in [5.74, 6) is 5.26. The number of hydrazine groups is 1. The minimum atomic E-state index is -0.302. The Morgan fingerprint density at radius 2 is 2.10 bits per heavy atom. The van der Waals surface area contributed by atoms with E-state index >= 15 is 0 Å². The van der Waals surface area contributed by atoms with Crippen LogP contribution in [0.25, 0.3) is 10.9 Å². The third-order valence-corrected chi connectivity index (χ3v) is 4.15. The molecule has 110 valence electrons. The van der Waals surface area contributed by atoms with Crippen LogP contribution in [-0.2, 0) is 17.6 Å². The number of carbonyl (C=O) groups is 2. The van der Waals surface area contributed by atoms with Crippen LogP contribution in [0.1, 0.15) is 47.9 Å². The molecule has 0 unspecified atom stereocenters. The van der Waals surface area contributed by atoms with Crippen LogP contribution in [0.2, 0.25) is 0 Å². The highest BCUT2D eigenvalue weighted by molar-refractivity contribution is 6.08. The normalized spacial score (nSPS) is 14.6. The highest BCUT2D eigenvalue weighted by Crippen LogP contribution is 2.35. The molecule has 0 atom stereocenters. The molecule has 0 bridgehead atoms. The summed E-state index contributed by atoms with van der Waals surface area (Å²) in [4.78, 5) is 23.9. The third kappa shape index (κ3) is 2.05. The maximum Gasteiger partial charge on any atom is 0.267 e. The van der Waals surface area contributed by atoms with Crippen LogP contribution >= 0.6 is 0 Å². The van der Waals surface area contributed by atoms with Crippen LogP contribution in [0.3, 0.4) is 0 Å². The summed E-state index contributed by atoms with van der Waals surface area (Å²) in [6, 6.07) is 5.82. The molecule has 1 aliphatic carbocycles. The van der Waals surface area contributed by atoms with E-state index in [1.54, 1.807) is 6.07 Å². The van der Waals surface area contributed by atoms with Gasteiger partial charge in [-0.2, -0.15) is 0 Å². The number of hydrogen-bond donors (Lipinski definition) is 2. The van der Waals surface area contributed by atoms with Crippen molar-refractivity contribution in [2.75, 3.05) is 0 Å². The molecule has 1 aromatic heterocycles. The van der Waals surface area contributed by atoms with Gasteiger partial charge >= 0.3 is 0 Å². The van der Waals surface area contributed by atoms with Gasteiger partial charge in [0, 0.05) is 30.0 Å². The summed E-state index contributed by atoms with van der Waals surface area (Å²) >= 11 is 0. The predicted molar refractivity (Wildman–Crippen MR) is 81.0 cm³/mol. The van der Waals surface area contributed by atoms with E-state index in [4.69, 9.17) is 5.84 Å². The number of rotatable bonds is 2. The van der Waals surface area contributed by atoms with Gasteiger partial charge in [0.2, 0.25) is 0 Å². The molecule has 1 amide bonds. The maximum atomic E-state index is 12.1. The molecule has 21 heavy (non-hydrogen) atoms. The molecule has 2 aromatic rings. The lowest BCUT2D eigenvalue weighted by molar-refractivity contribution is -0.118. The zero-order valence-electron chi connectivity index (χ0n) is 12.3. The maximum absolute atomic E-state index is 12.1. The fraction of sp³-hybridized carbons (Fsp3) is 0.375. The molecule has 1 aliphatic rings. The zero-order chi connectivity index (χ0) is 15.1. The molecule has 0 spiro atoms. The van der Waals surface area contributed by atoms with Crippen LogP contribution in [0, 0.1) is 0 Å². The van der Waals surface area contributed by atoms with Crippen molar-refractivity contribution < 1.29 is 9.59 Å². The summed E-state index contributed by atoms with van der Waals surface area (Å²) in [6.07, 6.45) is 1.78. The number of nitrogens with zero attached hydrogens (tertiary/aromatic N) is 1. The minimum Gasteiger partial charge on any atom is -0.341 e. The largest absolute Gasteiger partial charge is 0.341 e. The average Bonchev–Trinajstić information content (AvgIpc) is 2.80. The summed E-state index contributed by atoms with van der Waals surface area (Å²) in [7, 11) is 0. The molecule has 0 radical (unpaired) electrons. The topological polar surface area (TPSA) is 77.1 Å². The lowest BCUT2D eigenvalue weighted by Crippen LogP contribution is -2.30. The van der Waals surface area contributed by atoms with E-state index in [9.17, 15) is 9.59 Å². The number of ketones is 1. The Labute approximate surface area is 123 Å². The second-order valence-corrected chi connectivity index (χ2v) is 5.78. The first kappa shape index (κ1) is 13.8. The highest BCUT2D eigenvalue weighted by atomic mass is 16.2. The fourth-order valence-electron chi connectivity index (χ4n) is 3.33. The Kier molecular flexibility index (Phi) is 3.29. The van der Waals surface area contributed by atoms with E-state index in [0.29, 0.717) is 18.4 Å². The van der Waals surface area contributed by atoms with Crippen LogP contribution < -0.4 is 11.3 Å². The molecule has 0 saturated carbocycles. The Morgan fingerprint density at radius 1 is 1.33 bits per heavy atom. The first-order valence-electron chi connectivity index (χ1n) is 7.22. The lowest BCUT2D eigenvalue weighted by Gasteiger charge is -2.19. The van der Waals surface area contributed by atoms with Crippen molar-refractivity contribution in [2.45, 2.75) is 39.2 Å². The minimum absolute atomic E-state index is 0.219. The van der Waals surface area contributed by atoms with Gasteiger partial charge in [0.15, 0.2) is 0 Å². The molecule has 5 heteroatoms. The number of fused-ring (bicyclic) bond motifs is 3. The number of nitrogens with two attached hydrogens (primary N) is 1. The fourth-order valence-corrected chi connectivity index (χ4v) is 3.33. The van der Waals surface area contributed by atoms with Crippen LogP contribution in [0.5, 0.6) is 0 Å². The van der Waals surface area contributed by atoms with E-state index < -0.39 is 0 Å². The molecular weight excluding hydrogens is 266 g/mol. The number of carbonyl (C=O) groups excluding carboxylic acids is 2. The SMILES string of the molecule is CC(C)n1c2c(c3cccc(C(=O)NN)c31)CC(=O)CC2. The van der Waals surface area contributed by atoms with Gasteiger partial charge in [0.05, 0.1) is 11.1 Å². The van der Waals surface area contributed by atoms with Crippen LogP contribution in [0.4, 0.5) is 0 Å². The van der Waals surface area contributed by atoms with Crippen LogP contribution in [0.15, 0.2) is 18.2 Å². The van der Waals surface area contributed by atoms with Crippen LogP contribution in [-0.4, -0.2) is 16.3 Å². The van der Waals surface area contributed by atoms with E-state index in [1.807, 2.05) is 12.1 Å². The molecule has 3 rings (SSSR count). The number of Topliss-reactive ketones (excluding diaryl/α,β-unsaturated/α-hetero) is 1. The number of nitrogens with one attached hydrogen (secondary N) is 1. The monoisotopic (exact) mass is 285 g/mol. The molecule has 3 N–H and O–H groups in total. The standard InChI is InChI=1S/C16H19N3O2/c1-9(2)19-14-7-6-10(20)8-13(14)11-4-3-5-12(15(11)19)16(21)18-17/h3-5,9H,6-8,17H2,1-2H3,(H,18,21). The number of aromatic nitrogens is 1. The van der Waals surface area contributed by atoms with Crippen molar-refractivity contribution in [1.82, 2.24) is 9.99 Å². The summed E-state index contributed by atoms with van der Waals surface area (Å²) in [6.45, 7) is 4.18. The second-order valence-electron chi connectivity index (χ2n) is 5.78. The van der Waals surface area contributed by atoms with Gasteiger partial charge in [0.1, 0.15) is 5.78 Å². The van der Waals surface area contributed by atoms with E-state index in [-0.39, 0.29) is 17.7 Å². The molecule has 0 fully saturated rings. The smallest absolute Gasteiger partial charge is 0.267 e. The third-order valence-electron chi connectivity index (χ3n) is 4.15. The van der Waals surface area contributed by atoms with Gasteiger partial charge in [-0.25, -0.2) is 5.84 Å². The zero-order valence-corrected chi connectivity index (χ0v) is 12.3. The van der Waals surface area contributed by atoms with Crippen molar-refractivity contribution >= 4 is 22.6 Å². The molecule has 0 saturated heterocycles. The average molecular weight is 285 g/mol. The Morgan fingerprint density at radius 3 is 2.76 bits per heavy atom. The Balaban J connectivity index is 2.39. The summed E-state index contributed by atoms with van der Waals surface area (Å²) in [5, 5.41) is 0.993. The molecule has 0 aliphatic heterocycles. The number of hydrogen-bond acceptors (Lipinski definition) is 3. The van der Waals surface area contributed by atoms with Gasteiger partial charge in [0.25, 0.3) is 5.91 Å². The first-order chi connectivity index (χ1) is 10.0. The quantitative estimate of drug-likeness (QED) is 0.502. The second kappa shape index (κ2) is 5.00. The molecular formula is C16H19N3O2. The van der Waals surface area contributed by atoms with Gasteiger partial charge in [-0.3, -0.25) is 15.0 Å². The van der Waals surface area contributed by atoms with Gasteiger partial charge in [-0.05, 0) is 31.9 Å². The number of para-hydroxylation sites is 1. The number of benzene rings is 1. The van der Waals surface area contributed by atoms with Crippen molar-refractivity contribution in [3.63, 3.8) is 0 Å². The number of nitrogen functional groups attached to an aromatic ring is 1. The van der Waals surface area contributed by atoms with E-state index in [1.165, 1.54) is 5.69 Å². The van der Waals surface area contributed by atoms with Crippen molar-refractivity contribution in [1.29, 1.82) is 0 Å². The number of amides is 1. The predicted octanol–water partition coefficient (Wildman–Crippen LogP) is 1.88. The summed E-state index contributed by atoms with van der Waals surface area (Å²) in [5.41, 5.74) is 5.90. The van der Waals surface area contributed by atoms with Crippen molar-refractivity contribution in [3.05, 3.63) is 35.0 Å². The highest BCUT2D eigenvalue weighted by Gasteiger charge is 2.27. The molecule has 5 nitrogen and oxygen atoms in total. The van der Waals surface area contributed by atoms with E-state index in [0.717, 1.165) is 22.9 Å².